The first kappa shape index (κ1) is 30.8. The maximum Gasteiger partial charge on any atom is 0.155 e. The molecule has 0 saturated carbocycles. The molecule has 52 heavy (non-hydrogen) atoms. The molecule has 252 valence electrons. The number of para-hydroxylation sites is 1. The van der Waals surface area contributed by atoms with Crippen LogP contribution in [0.15, 0.2) is 173 Å². The third-order valence-electron chi connectivity index (χ3n) is 11.6. The summed E-state index contributed by atoms with van der Waals surface area (Å²) in [5.74, 6) is 3.85. The summed E-state index contributed by atoms with van der Waals surface area (Å²) in [5.41, 5.74) is 13.3. The second-order valence-corrected chi connectivity index (χ2v) is 14.5. The van der Waals surface area contributed by atoms with Crippen molar-refractivity contribution in [1.29, 1.82) is 0 Å². The first-order valence-electron chi connectivity index (χ1n) is 18.4. The van der Waals surface area contributed by atoms with Gasteiger partial charge in [-0.2, -0.15) is 0 Å². The minimum atomic E-state index is -0.494. The Bertz CT molecular complexity index is 2450. The number of rotatable bonds is 4. The van der Waals surface area contributed by atoms with Crippen LogP contribution >= 0.6 is 0 Å². The number of hydrogen-bond acceptors (Lipinski definition) is 4. The predicted octanol–water partition coefficient (Wildman–Crippen LogP) is 11.1. The van der Waals surface area contributed by atoms with Gasteiger partial charge in [-0.3, -0.25) is 0 Å². The van der Waals surface area contributed by atoms with Gasteiger partial charge >= 0.3 is 0 Å². The fraction of sp³-hybridized carbons (Fsp3) is 0.167. The van der Waals surface area contributed by atoms with Crippen LogP contribution in [0.1, 0.15) is 71.3 Å². The number of amidine groups is 2. The van der Waals surface area contributed by atoms with Crippen LogP contribution in [-0.4, -0.2) is 23.6 Å². The van der Waals surface area contributed by atoms with E-state index in [1.165, 1.54) is 39.0 Å². The summed E-state index contributed by atoms with van der Waals surface area (Å²) >= 11 is 0. The Kier molecular flexibility index (Phi) is 7.14. The second kappa shape index (κ2) is 12.1. The van der Waals surface area contributed by atoms with Gasteiger partial charge < -0.3 is 9.64 Å². The molecule has 4 heteroatoms. The summed E-state index contributed by atoms with van der Waals surface area (Å²) in [4.78, 5) is 13.0. The van der Waals surface area contributed by atoms with Gasteiger partial charge in [-0.15, -0.1) is 0 Å². The summed E-state index contributed by atoms with van der Waals surface area (Å²) in [6.07, 6.45) is 12.0. The standard InChI is InChI=1S/C48H39N3O/c1-31-29-34(25-27-36(31)32-15-5-3-6-16-32)45-49-46(33-17-7-4-8-18-33)51(2)47(50-45)35-26-28-44-42(30-35)48(41-23-13-14-24-43(41)52-44)39-21-11-9-19-37(39)38-20-10-12-22-40(38)48/h3-9,11-19,21-28,30-31,46H,10,20,29H2,1-2H3. The Morgan fingerprint density at radius 2 is 1.46 bits per heavy atom. The molecular weight excluding hydrogens is 635 g/mol. The van der Waals surface area contributed by atoms with E-state index in [0.717, 1.165) is 64.7 Å². The molecule has 0 saturated heterocycles. The van der Waals surface area contributed by atoms with Crippen LogP contribution in [0.4, 0.5) is 0 Å². The van der Waals surface area contributed by atoms with Crippen molar-refractivity contribution in [3.63, 3.8) is 0 Å². The SMILES string of the molecule is CC1CC(C2=NC(c3ccccc3)N(C)C(c3ccc4c(c3)C3(C5=C(CCC=C5)c5ccccc53)c3ccccc3O4)=N2)=CC=C1c1ccccc1. The Morgan fingerprint density at radius 3 is 2.29 bits per heavy atom. The van der Waals surface area contributed by atoms with Gasteiger partial charge in [0.15, 0.2) is 5.84 Å². The van der Waals surface area contributed by atoms with Gasteiger partial charge in [0.2, 0.25) is 0 Å². The van der Waals surface area contributed by atoms with E-state index in [2.05, 4.69) is 171 Å². The van der Waals surface area contributed by atoms with E-state index in [1.54, 1.807) is 0 Å². The molecule has 1 spiro atoms. The minimum Gasteiger partial charge on any atom is -0.457 e. The highest BCUT2D eigenvalue weighted by atomic mass is 16.5. The Morgan fingerprint density at radius 1 is 0.731 bits per heavy atom. The molecule has 3 unspecified atom stereocenters. The number of benzene rings is 5. The van der Waals surface area contributed by atoms with Crippen LogP contribution in [0, 0.1) is 5.92 Å². The van der Waals surface area contributed by atoms with Crippen molar-refractivity contribution < 1.29 is 4.74 Å². The number of fused-ring (bicyclic) bond motifs is 8. The number of hydrogen-bond donors (Lipinski definition) is 0. The van der Waals surface area contributed by atoms with Crippen molar-refractivity contribution >= 4 is 22.8 Å². The maximum absolute atomic E-state index is 6.75. The first-order valence-corrected chi connectivity index (χ1v) is 18.4. The van der Waals surface area contributed by atoms with Crippen LogP contribution in [-0.2, 0) is 5.41 Å². The average Bonchev–Trinajstić information content (AvgIpc) is 3.49. The highest BCUT2D eigenvalue weighted by molar-refractivity contribution is 6.13. The molecular formula is C48H39N3O. The third-order valence-corrected chi connectivity index (χ3v) is 11.6. The summed E-state index contributed by atoms with van der Waals surface area (Å²) in [7, 11) is 2.12. The van der Waals surface area contributed by atoms with Crippen molar-refractivity contribution in [1.82, 2.24) is 4.90 Å². The largest absolute Gasteiger partial charge is 0.457 e. The summed E-state index contributed by atoms with van der Waals surface area (Å²) < 4.78 is 6.75. The van der Waals surface area contributed by atoms with E-state index in [-0.39, 0.29) is 6.17 Å². The highest BCUT2D eigenvalue weighted by Crippen LogP contribution is 2.62. The summed E-state index contributed by atoms with van der Waals surface area (Å²) in [5, 5.41) is 0. The maximum atomic E-state index is 6.75. The topological polar surface area (TPSA) is 37.2 Å². The van der Waals surface area contributed by atoms with Gasteiger partial charge in [0.25, 0.3) is 0 Å². The van der Waals surface area contributed by atoms with Crippen molar-refractivity contribution in [3.05, 3.63) is 202 Å². The van der Waals surface area contributed by atoms with Crippen molar-refractivity contribution in [2.45, 2.75) is 37.8 Å². The Balaban J connectivity index is 1.16. The van der Waals surface area contributed by atoms with Crippen molar-refractivity contribution in [3.8, 4) is 11.5 Å². The number of aliphatic imine (C=N–C) groups is 2. The molecule has 10 rings (SSSR count). The lowest BCUT2D eigenvalue weighted by atomic mass is 9.64. The number of ether oxygens (including phenoxy) is 1. The van der Waals surface area contributed by atoms with Gasteiger partial charge in [-0.1, -0.05) is 134 Å². The predicted molar refractivity (Wildman–Crippen MR) is 212 cm³/mol. The molecule has 0 amide bonds. The molecule has 0 N–H and O–H groups in total. The van der Waals surface area contributed by atoms with Gasteiger partial charge in [0.1, 0.15) is 23.5 Å². The lowest BCUT2D eigenvalue weighted by molar-refractivity contribution is 0.382. The molecule has 0 bridgehead atoms. The zero-order valence-corrected chi connectivity index (χ0v) is 29.5. The van der Waals surface area contributed by atoms with E-state index in [1.807, 2.05) is 0 Å². The summed E-state index contributed by atoms with van der Waals surface area (Å²) in [6, 6.07) is 45.6. The molecule has 3 atom stereocenters. The number of allylic oxidation sites excluding steroid dienone is 7. The van der Waals surface area contributed by atoms with E-state index < -0.39 is 5.41 Å². The van der Waals surface area contributed by atoms with E-state index >= 15 is 0 Å². The Labute approximate surface area is 305 Å². The fourth-order valence-corrected chi connectivity index (χ4v) is 9.19. The van der Waals surface area contributed by atoms with E-state index in [0.29, 0.717) is 5.92 Å². The Hall–Kier alpha value is -6.00. The molecule has 4 nitrogen and oxygen atoms in total. The van der Waals surface area contributed by atoms with Crippen LogP contribution < -0.4 is 4.74 Å². The second-order valence-electron chi connectivity index (χ2n) is 14.5. The third kappa shape index (κ3) is 4.60. The molecule has 0 aromatic heterocycles. The zero-order valence-electron chi connectivity index (χ0n) is 29.5. The van der Waals surface area contributed by atoms with E-state index in [9.17, 15) is 0 Å². The molecule has 2 heterocycles. The fourth-order valence-electron chi connectivity index (χ4n) is 9.19. The van der Waals surface area contributed by atoms with Gasteiger partial charge in [-0.25, -0.2) is 9.98 Å². The minimum absolute atomic E-state index is 0.218. The van der Waals surface area contributed by atoms with Crippen LogP contribution in [0.25, 0.3) is 11.1 Å². The van der Waals surface area contributed by atoms with Crippen molar-refractivity contribution in [2.24, 2.45) is 15.9 Å². The lowest BCUT2D eigenvalue weighted by Gasteiger charge is -2.41. The van der Waals surface area contributed by atoms with Gasteiger partial charge in [0.05, 0.1) is 5.41 Å². The molecule has 5 aromatic carbocycles. The average molecular weight is 674 g/mol. The quantitative estimate of drug-likeness (QED) is 0.190. The molecule has 0 fully saturated rings. The molecule has 5 aliphatic rings. The molecule has 5 aromatic rings. The first-order chi connectivity index (χ1) is 25.6. The van der Waals surface area contributed by atoms with Crippen molar-refractivity contribution in [2.75, 3.05) is 7.05 Å². The normalized spacial score (nSPS) is 22.7. The molecule has 2 aliphatic heterocycles. The van der Waals surface area contributed by atoms with Crippen LogP contribution in [0.3, 0.4) is 0 Å². The summed E-state index contributed by atoms with van der Waals surface area (Å²) in [6.45, 7) is 2.31. The van der Waals surface area contributed by atoms with Crippen LogP contribution in [0.5, 0.6) is 11.5 Å². The van der Waals surface area contributed by atoms with Gasteiger partial charge in [0, 0.05) is 23.7 Å². The zero-order chi connectivity index (χ0) is 34.8. The van der Waals surface area contributed by atoms with Gasteiger partial charge in [-0.05, 0) is 94.0 Å². The highest BCUT2D eigenvalue weighted by Gasteiger charge is 2.52. The lowest BCUT2D eigenvalue weighted by Crippen LogP contribution is -2.37. The molecule has 0 radical (unpaired) electrons. The van der Waals surface area contributed by atoms with Crippen LogP contribution in [0.2, 0.25) is 0 Å². The van der Waals surface area contributed by atoms with E-state index in [4.69, 9.17) is 14.7 Å². The smallest absolute Gasteiger partial charge is 0.155 e. The monoisotopic (exact) mass is 673 g/mol. The molecule has 3 aliphatic carbocycles. The number of nitrogens with zero attached hydrogens (tertiary/aromatic N) is 3.